The average Bonchev–Trinajstić information content (AvgIpc) is 2.46. The molecule has 1 saturated carbocycles. The Morgan fingerprint density at radius 3 is 2.41 bits per heavy atom. The third-order valence-electron chi connectivity index (χ3n) is 5.70. The van der Waals surface area contributed by atoms with E-state index in [4.69, 9.17) is 4.99 Å². The third-order valence-corrected chi connectivity index (χ3v) is 5.70. The van der Waals surface area contributed by atoms with E-state index in [-0.39, 0.29) is 0 Å². The number of aryl methyl sites for hydroxylation is 1. The maximum absolute atomic E-state index is 4.75. The topological polar surface area (TPSA) is 12.4 Å². The Labute approximate surface area is 136 Å². The van der Waals surface area contributed by atoms with Gasteiger partial charge in [0.25, 0.3) is 0 Å². The molecule has 0 amide bonds. The lowest BCUT2D eigenvalue weighted by Crippen LogP contribution is -2.36. The summed E-state index contributed by atoms with van der Waals surface area (Å²) in [4.78, 5) is 4.75. The van der Waals surface area contributed by atoms with Gasteiger partial charge in [-0.15, -0.1) is 0 Å². The monoisotopic (exact) mass is 297 g/mol. The van der Waals surface area contributed by atoms with Crippen LogP contribution in [-0.4, -0.2) is 5.71 Å². The van der Waals surface area contributed by atoms with Crippen molar-refractivity contribution in [2.24, 2.45) is 16.3 Å². The molecule has 0 heterocycles. The number of hydrogen-bond donors (Lipinski definition) is 0. The van der Waals surface area contributed by atoms with Gasteiger partial charge in [-0.2, -0.15) is 0 Å². The van der Waals surface area contributed by atoms with Crippen LogP contribution in [0.5, 0.6) is 0 Å². The van der Waals surface area contributed by atoms with Gasteiger partial charge in [-0.1, -0.05) is 56.5 Å². The zero-order chi connectivity index (χ0) is 16.2. The summed E-state index contributed by atoms with van der Waals surface area (Å²) >= 11 is 0. The minimum Gasteiger partial charge on any atom is -0.285 e. The summed E-state index contributed by atoms with van der Waals surface area (Å²) < 4.78 is 0. The molecule has 2 rings (SSSR count). The smallest absolute Gasteiger partial charge is 0.0645 e. The van der Waals surface area contributed by atoms with Gasteiger partial charge in [0, 0.05) is 5.71 Å². The van der Waals surface area contributed by atoms with E-state index in [1.165, 1.54) is 42.4 Å². The zero-order valence-corrected chi connectivity index (χ0v) is 14.9. The Kier molecular flexibility index (Phi) is 5.61. The molecule has 1 heteroatoms. The molecule has 0 bridgehead atoms. The lowest BCUT2D eigenvalue weighted by atomic mass is 9.57. The Morgan fingerprint density at radius 2 is 1.82 bits per heavy atom. The van der Waals surface area contributed by atoms with Gasteiger partial charge in [-0.3, -0.25) is 4.99 Å². The number of nitrogens with zero attached hydrogens (tertiary/aromatic N) is 1. The maximum atomic E-state index is 4.75. The van der Waals surface area contributed by atoms with E-state index in [9.17, 15) is 0 Å². The molecular weight excluding hydrogens is 266 g/mol. The van der Waals surface area contributed by atoms with Crippen molar-refractivity contribution in [1.82, 2.24) is 0 Å². The standard InChI is InChI=1S/C21H31N/c1-6-21(7-2)13-20(14-21)17(4)12-18(5)22-15-19-11-9-8-10-16(19)3/h8-12,20H,6-7,13-15H2,1-5H3/b17-12+,22-18?. The lowest BCUT2D eigenvalue weighted by molar-refractivity contribution is 0.0668. The van der Waals surface area contributed by atoms with Crippen molar-refractivity contribution in [3.8, 4) is 0 Å². The second-order valence-corrected chi connectivity index (χ2v) is 7.08. The molecule has 1 aliphatic rings. The predicted octanol–water partition coefficient (Wildman–Crippen LogP) is 6.12. The fourth-order valence-electron chi connectivity index (χ4n) is 3.63. The van der Waals surface area contributed by atoms with E-state index < -0.39 is 0 Å². The molecule has 1 aliphatic carbocycles. The van der Waals surface area contributed by atoms with Gasteiger partial charge in [-0.25, -0.2) is 0 Å². The number of hydrogen-bond acceptors (Lipinski definition) is 1. The molecule has 1 fully saturated rings. The normalized spacial score (nSPS) is 19.1. The van der Waals surface area contributed by atoms with Gasteiger partial charge in [0.1, 0.15) is 0 Å². The van der Waals surface area contributed by atoms with Crippen LogP contribution in [0.25, 0.3) is 0 Å². The van der Waals surface area contributed by atoms with Crippen molar-refractivity contribution in [3.63, 3.8) is 0 Å². The van der Waals surface area contributed by atoms with Crippen molar-refractivity contribution >= 4 is 5.71 Å². The van der Waals surface area contributed by atoms with Crippen LogP contribution in [0.3, 0.4) is 0 Å². The molecule has 120 valence electrons. The average molecular weight is 297 g/mol. The summed E-state index contributed by atoms with van der Waals surface area (Å²) in [5.74, 6) is 0.781. The SMILES string of the molecule is CCC1(CC)CC(/C(C)=C/C(C)=NCc2ccccc2C)C1. The molecule has 1 aromatic rings. The fourth-order valence-corrected chi connectivity index (χ4v) is 3.63. The van der Waals surface area contributed by atoms with Crippen molar-refractivity contribution in [3.05, 3.63) is 47.0 Å². The molecule has 0 atom stereocenters. The summed E-state index contributed by atoms with van der Waals surface area (Å²) in [5.41, 5.74) is 5.96. The van der Waals surface area contributed by atoms with Crippen LogP contribution in [0.4, 0.5) is 0 Å². The Balaban J connectivity index is 1.95. The van der Waals surface area contributed by atoms with Gasteiger partial charge in [-0.05, 0) is 62.1 Å². The zero-order valence-electron chi connectivity index (χ0n) is 14.9. The highest BCUT2D eigenvalue weighted by molar-refractivity contribution is 5.93. The van der Waals surface area contributed by atoms with Crippen LogP contribution in [0.15, 0.2) is 40.9 Å². The molecular formula is C21H31N. The first-order valence-corrected chi connectivity index (χ1v) is 8.73. The molecule has 0 aromatic heterocycles. The maximum Gasteiger partial charge on any atom is 0.0645 e. The molecule has 0 spiro atoms. The van der Waals surface area contributed by atoms with Gasteiger partial charge < -0.3 is 0 Å². The molecule has 0 aliphatic heterocycles. The molecule has 0 saturated heterocycles. The molecule has 0 radical (unpaired) electrons. The van der Waals surface area contributed by atoms with Gasteiger partial charge >= 0.3 is 0 Å². The molecule has 0 unspecified atom stereocenters. The second-order valence-electron chi connectivity index (χ2n) is 7.08. The largest absolute Gasteiger partial charge is 0.285 e. The van der Waals surface area contributed by atoms with Crippen LogP contribution in [0.2, 0.25) is 0 Å². The summed E-state index contributed by atoms with van der Waals surface area (Å²) in [6.07, 6.45) is 7.69. The molecule has 1 nitrogen and oxygen atoms in total. The quantitative estimate of drug-likeness (QED) is 0.561. The molecule has 22 heavy (non-hydrogen) atoms. The van der Waals surface area contributed by atoms with Crippen molar-refractivity contribution in [1.29, 1.82) is 0 Å². The highest BCUT2D eigenvalue weighted by Gasteiger charge is 2.41. The molecule has 1 aromatic carbocycles. The predicted molar refractivity (Wildman–Crippen MR) is 97.5 cm³/mol. The van der Waals surface area contributed by atoms with Crippen LogP contribution in [0, 0.1) is 18.3 Å². The summed E-state index contributed by atoms with van der Waals surface area (Å²) in [6, 6.07) is 8.51. The first kappa shape index (κ1) is 17.0. The number of rotatable bonds is 6. The van der Waals surface area contributed by atoms with Crippen molar-refractivity contribution in [2.45, 2.75) is 66.8 Å². The first-order valence-electron chi connectivity index (χ1n) is 8.73. The Hall–Kier alpha value is -1.37. The van der Waals surface area contributed by atoms with Gasteiger partial charge in [0.2, 0.25) is 0 Å². The highest BCUT2D eigenvalue weighted by atomic mass is 14.7. The fraction of sp³-hybridized carbons (Fsp3) is 0.571. The first-order chi connectivity index (χ1) is 10.5. The molecule has 0 N–H and O–H groups in total. The summed E-state index contributed by atoms with van der Waals surface area (Å²) in [6.45, 7) is 12.0. The lowest BCUT2D eigenvalue weighted by Gasteiger charge is -2.48. The van der Waals surface area contributed by atoms with E-state index in [1.54, 1.807) is 0 Å². The minimum absolute atomic E-state index is 0.631. The number of aliphatic imine (C=N–C) groups is 1. The van der Waals surface area contributed by atoms with E-state index in [1.807, 2.05) is 0 Å². The van der Waals surface area contributed by atoms with E-state index in [2.05, 4.69) is 65.0 Å². The highest BCUT2D eigenvalue weighted by Crippen LogP contribution is 2.53. The van der Waals surface area contributed by atoms with Crippen molar-refractivity contribution < 1.29 is 0 Å². The second kappa shape index (κ2) is 7.26. The number of allylic oxidation sites excluding steroid dienone is 2. The van der Waals surface area contributed by atoms with Gasteiger partial charge in [0.05, 0.1) is 6.54 Å². The van der Waals surface area contributed by atoms with Crippen LogP contribution >= 0.6 is 0 Å². The van der Waals surface area contributed by atoms with E-state index in [0.29, 0.717) is 5.41 Å². The minimum atomic E-state index is 0.631. The van der Waals surface area contributed by atoms with E-state index >= 15 is 0 Å². The van der Waals surface area contributed by atoms with Crippen LogP contribution in [0.1, 0.15) is 64.5 Å². The Morgan fingerprint density at radius 1 is 1.18 bits per heavy atom. The Bertz CT molecular complexity index is 553. The number of benzene rings is 1. The summed E-state index contributed by atoms with van der Waals surface area (Å²) in [7, 11) is 0. The summed E-state index contributed by atoms with van der Waals surface area (Å²) in [5, 5.41) is 0. The van der Waals surface area contributed by atoms with Gasteiger partial charge in [0.15, 0.2) is 0 Å². The third kappa shape index (κ3) is 3.88. The van der Waals surface area contributed by atoms with E-state index in [0.717, 1.165) is 18.2 Å². The van der Waals surface area contributed by atoms with Crippen LogP contribution < -0.4 is 0 Å². The van der Waals surface area contributed by atoms with Crippen LogP contribution in [-0.2, 0) is 6.54 Å². The van der Waals surface area contributed by atoms with Crippen molar-refractivity contribution in [2.75, 3.05) is 0 Å².